The van der Waals surface area contributed by atoms with Crippen LogP contribution in [0.1, 0.15) is 11.1 Å². The molecule has 0 saturated carbocycles. The first-order chi connectivity index (χ1) is 10.9. The molecular weight excluding hydrogens is 394 g/mol. The average Bonchev–Trinajstić information content (AvgIpc) is 2.49. The normalized spacial score (nSPS) is 10.2. The molecule has 0 saturated heterocycles. The number of nitrogen functional groups attached to an aromatic ring is 1. The van der Waals surface area contributed by atoms with Crippen LogP contribution in [0, 0.1) is 12.3 Å². The zero-order valence-corrected chi connectivity index (χ0v) is 15.1. The molecule has 124 valence electrons. The van der Waals surface area contributed by atoms with Crippen molar-refractivity contribution in [1.29, 1.82) is 5.41 Å². The molecule has 5 N–H and O–H groups in total. The topological polar surface area (TPSA) is 108 Å². The fourth-order valence-electron chi connectivity index (χ4n) is 2.28. The van der Waals surface area contributed by atoms with Gasteiger partial charge in [0, 0.05) is 15.7 Å². The van der Waals surface area contributed by atoms with Crippen molar-refractivity contribution in [1.82, 2.24) is 9.97 Å². The van der Waals surface area contributed by atoms with E-state index >= 15 is 0 Å². The molecule has 0 radical (unpaired) electrons. The fraction of sp³-hybridized carbons (Fsp3) is 0.0625. The molecule has 0 aliphatic rings. The van der Waals surface area contributed by atoms with Crippen LogP contribution in [0.5, 0.6) is 0 Å². The van der Waals surface area contributed by atoms with Crippen LogP contribution in [0.25, 0.3) is 11.0 Å². The first kappa shape index (κ1) is 18.0. The Morgan fingerprint density at radius 3 is 2.58 bits per heavy atom. The average molecular weight is 409 g/mol. The molecule has 0 unspecified atom stereocenters. The van der Waals surface area contributed by atoms with E-state index in [1.807, 2.05) is 19.1 Å². The SMILES string of the molecule is Cc1cc(Br)cc2[nH]c(=O)c(Nc3ccc(C(=N)N)cc3)nc12.Cl. The fourth-order valence-corrected chi connectivity index (χ4v) is 2.85. The van der Waals surface area contributed by atoms with E-state index < -0.39 is 0 Å². The van der Waals surface area contributed by atoms with Gasteiger partial charge in [0.1, 0.15) is 5.84 Å². The third-order valence-corrected chi connectivity index (χ3v) is 3.87. The molecular formula is C16H15BrClN5O. The number of benzene rings is 2. The van der Waals surface area contributed by atoms with Crippen LogP contribution in [-0.2, 0) is 0 Å². The van der Waals surface area contributed by atoms with E-state index in [0.29, 0.717) is 16.8 Å². The number of fused-ring (bicyclic) bond motifs is 1. The molecule has 1 heterocycles. The second-order valence-electron chi connectivity index (χ2n) is 5.15. The number of aromatic amines is 1. The Bertz CT molecular complexity index is 969. The van der Waals surface area contributed by atoms with Gasteiger partial charge in [0.15, 0.2) is 5.82 Å². The zero-order valence-electron chi connectivity index (χ0n) is 12.7. The van der Waals surface area contributed by atoms with Gasteiger partial charge in [-0.2, -0.15) is 0 Å². The second-order valence-corrected chi connectivity index (χ2v) is 6.07. The van der Waals surface area contributed by atoms with Gasteiger partial charge in [0.05, 0.1) is 11.0 Å². The third kappa shape index (κ3) is 3.58. The molecule has 0 spiro atoms. The number of nitrogens with zero attached hydrogens (tertiary/aromatic N) is 1. The number of aromatic nitrogens is 2. The number of hydrogen-bond donors (Lipinski definition) is 4. The Hall–Kier alpha value is -2.38. The lowest BCUT2D eigenvalue weighted by atomic mass is 10.2. The first-order valence-electron chi connectivity index (χ1n) is 6.86. The van der Waals surface area contributed by atoms with Crippen molar-refractivity contribution in [3.05, 3.63) is 62.4 Å². The van der Waals surface area contributed by atoms with Crippen LogP contribution in [0.4, 0.5) is 11.5 Å². The standard InChI is InChI=1S/C16H14BrN5O.ClH/c1-8-6-10(17)7-12-13(8)22-15(16(23)21-12)20-11-4-2-9(3-5-11)14(18)19;/h2-7H,1H3,(H3,18,19)(H,20,22)(H,21,23);1H. The van der Waals surface area contributed by atoms with E-state index in [1.54, 1.807) is 24.3 Å². The molecule has 6 nitrogen and oxygen atoms in total. The zero-order chi connectivity index (χ0) is 16.6. The maximum atomic E-state index is 12.2. The summed E-state index contributed by atoms with van der Waals surface area (Å²) in [5.41, 5.74) is 8.81. The molecule has 2 aromatic carbocycles. The molecule has 24 heavy (non-hydrogen) atoms. The summed E-state index contributed by atoms with van der Waals surface area (Å²) in [5.74, 6) is 0.220. The number of rotatable bonds is 3. The molecule has 1 aromatic heterocycles. The minimum Gasteiger partial charge on any atom is -0.384 e. The number of hydrogen-bond acceptors (Lipinski definition) is 4. The molecule has 0 bridgehead atoms. The summed E-state index contributed by atoms with van der Waals surface area (Å²) in [6.07, 6.45) is 0. The number of aryl methyl sites for hydroxylation is 1. The molecule has 0 aliphatic carbocycles. The quantitative estimate of drug-likeness (QED) is 0.393. The van der Waals surface area contributed by atoms with E-state index in [4.69, 9.17) is 11.1 Å². The smallest absolute Gasteiger partial charge is 0.291 e. The number of nitrogens with two attached hydrogens (primary N) is 1. The number of anilines is 2. The Kier molecular flexibility index (Phi) is 5.26. The van der Waals surface area contributed by atoms with Crippen molar-refractivity contribution in [3.8, 4) is 0 Å². The number of halogens is 2. The molecule has 0 fully saturated rings. The Morgan fingerprint density at radius 2 is 1.96 bits per heavy atom. The van der Waals surface area contributed by atoms with Crippen molar-refractivity contribution < 1.29 is 0 Å². The maximum Gasteiger partial charge on any atom is 0.291 e. The summed E-state index contributed by atoms with van der Waals surface area (Å²) < 4.78 is 0.889. The highest BCUT2D eigenvalue weighted by Gasteiger charge is 2.08. The van der Waals surface area contributed by atoms with Crippen LogP contribution < -0.4 is 16.6 Å². The van der Waals surface area contributed by atoms with E-state index in [1.165, 1.54) is 0 Å². The highest BCUT2D eigenvalue weighted by molar-refractivity contribution is 9.10. The monoisotopic (exact) mass is 407 g/mol. The lowest BCUT2D eigenvalue weighted by molar-refractivity contribution is 1.20. The lowest BCUT2D eigenvalue weighted by Crippen LogP contribution is -2.14. The summed E-state index contributed by atoms with van der Waals surface area (Å²) in [5, 5.41) is 10.4. The minimum atomic E-state index is -0.300. The third-order valence-electron chi connectivity index (χ3n) is 3.41. The van der Waals surface area contributed by atoms with E-state index in [-0.39, 0.29) is 29.6 Å². The van der Waals surface area contributed by atoms with E-state index in [2.05, 4.69) is 31.2 Å². The van der Waals surface area contributed by atoms with Gasteiger partial charge >= 0.3 is 0 Å². The largest absolute Gasteiger partial charge is 0.384 e. The van der Waals surface area contributed by atoms with Crippen molar-refractivity contribution in [2.45, 2.75) is 6.92 Å². The number of nitrogens with one attached hydrogen (secondary N) is 3. The lowest BCUT2D eigenvalue weighted by Gasteiger charge is -2.08. The molecule has 0 aliphatic heterocycles. The van der Waals surface area contributed by atoms with Crippen molar-refractivity contribution in [3.63, 3.8) is 0 Å². The molecule has 3 rings (SSSR count). The van der Waals surface area contributed by atoms with Gasteiger partial charge in [0.25, 0.3) is 5.56 Å². The predicted molar refractivity (Wildman–Crippen MR) is 103 cm³/mol. The van der Waals surface area contributed by atoms with E-state index in [9.17, 15) is 4.79 Å². The van der Waals surface area contributed by atoms with Gasteiger partial charge < -0.3 is 16.0 Å². The molecule has 8 heteroatoms. The Morgan fingerprint density at radius 1 is 1.29 bits per heavy atom. The van der Waals surface area contributed by atoms with Crippen molar-refractivity contribution >= 4 is 56.7 Å². The van der Waals surface area contributed by atoms with Crippen molar-refractivity contribution in [2.24, 2.45) is 5.73 Å². The molecule has 0 amide bonds. The Balaban J connectivity index is 0.00000208. The number of H-pyrrole nitrogens is 1. The summed E-state index contributed by atoms with van der Waals surface area (Å²) in [6, 6.07) is 10.7. The summed E-state index contributed by atoms with van der Waals surface area (Å²) >= 11 is 3.41. The van der Waals surface area contributed by atoms with Gasteiger partial charge in [0.2, 0.25) is 0 Å². The van der Waals surface area contributed by atoms with E-state index in [0.717, 1.165) is 15.6 Å². The van der Waals surface area contributed by atoms with Crippen LogP contribution in [0.15, 0.2) is 45.7 Å². The van der Waals surface area contributed by atoms with Gasteiger partial charge in [-0.05, 0) is 48.9 Å². The summed E-state index contributed by atoms with van der Waals surface area (Å²) in [6.45, 7) is 1.93. The van der Waals surface area contributed by atoms with Gasteiger partial charge in [-0.3, -0.25) is 10.2 Å². The maximum absolute atomic E-state index is 12.2. The predicted octanol–water partition coefficient (Wildman–Crippen LogP) is 3.44. The second kappa shape index (κ2) is 7.02. The summed E-state index contributed by atoms with van der Waals surface area (Å²) in [7, 11) is 0. The summed E-state index contributed by atoms with van der Waals surface area (Å²) in [4.78, 5) is 19.4. The van der Waals surface area contributed by atoms with Gasteiger partial charge in [-0.15, -0.1) is 12.4 Å². The van der Waals surface area contributed by atoms with Crippen LogP contribution in [0.3, 0.4) is 0 Å². The van der Waals surface area contributed by atoms with Crippen LogP contribution >= 0.6 is 28.3 Å². The molecule has 3 aromatic rings. The van der Waals surface area contributed by atoms with Crippen LogP contribution in [-0.4, -0.2) is 15.8 Å². The number of amidine groups is 1. The van der Waals surface area contributed by atoms with Gasteiger partial charge in [-0.1, -0.05) is 15.9 Å². The molecule has 0 atom stereocenters. The first-order valence-corrected chi connectivity index (χ1v) is 7.65. The highest BCUT2D eigenvalue weighted by Crippen LogP contribution is 2.21. The highest BCUT2D eigenvalue weighted by atomic mass is 79.9. The van der Waals surface area contributed by atoms with Crippen LogP contribution in [0.2, 0.25) is 0 Å². The Labute approximate surface area is 152 Å². The van der Waals surface area contributed by atoms with Crippen molar-refractivity contribution in [2.75, 3.05) is 5.32 Å². The minimum absolute atomic E-state index is 0. The van der Waals surface area contributed by atoms with Gasteiger partial charge in [-0.25, -0.2) is 4.98 Å².